The number of benzene rings is 1. The Morgan fingerprint density at radius 3 is 2.63 bits per heavy atom. The summed E-state index contributed by atoms with van der Waals surface area (Å²) in [6.45, 7) is 2.88. The molecule has 0 atom stereocenters. The molecule has 0 unspecified atom stereocenters. The van der Waals surface area contributed by atoms with Gasteiger partial charge in [0.25, 0.3) is 0 Å². The molecule has 1 aromatic heterocycles. The number of hydrogen-bond acceptors (Lipinski definition) is 3. The maximum Gasteiger partial charge on any atom is 0.126 e. The zero-order chi connectivity index (χ0) is 13.7. The van der Waals surface area contributed by atoms with Crippen LogP contribution in [-0.2, 0) is 5.75 Å². The normalized spacial score (nSPS) is 10.5. The van der Waals surface area contributed by atoms with E-state index in [9.17, 15) is 0 Å². The van der Waals surface area contributed by atoms with E-state index in [1.165, 1.54) is 0 Å². The van der Waals surface area contributed by atoms with Crippen LogP contribution in [0.1, 0.15) is 12.6 Å². The second-order valence-corrected chi connectivity index (χ2v) is 5.71. The number of aromatic nitrogens is 1. The van der Waals surface area contributed by atoms with Gasteiger partial charge in [-0.05, 0) is 31.2 Å². The molecule has 0 fully saturated rings. The van der Waals surface area contributed by atoms with Crippen LogP contribution >= 0.6 is 35.0 Å². The maximum absolute atomic E-state index is 6.17. The van der Waals surface area contributed by atoms with Crippen molar-refractivity contribution in [3.05, 3.63) is 52.1 Å². The molecule has 0 bridgehead atoms. The molecule has 19 heavy (non-hydrogen) atoms. The Morgan fingerprint density at radius 2 is 1.89 bits per heavy atom. The Morgan fingerprint density at radius 1 is 1.11 bits per heavy atom. The highest BCUT2D eigenvalue weighted by Crippen LogP contribution is 2.31. The van der Waals surface area contributed by atoms with E-state index in [4.69, 9.17) is 23.2 Å². The third-order valence-corrected chi connectivity index (χ3v) is 4.35. The van der Waals surface area contributed by atoms with Gasteiger partial charge in [0.15, 0.2) is 0 Å². The summed E-state index contributed by atoms with van der Waals surface area (Å²) in [5.74, 6) is 1.54. The van der Waals surface area contributed by atoms with E-state index >= 15 is 0 Å². The van der Waals surface area contributed by atoms with Crippen molar-refractivity contribution in [2.75, 3.05) is 11.9 Å². The van der Waals surface area contributed by atoms with Crippen molar-refractivity contribution < 1.29 is 0 Å². The predicted octanol–water partition coefficient (Wildman–Crippen LogP) is 5.11. The predicted molar refractivity (Wildman–Crippen MR) is 84.4 cm³/mol. The molecule has 100 valence electrons. The van der Waals surface area contributed by atoms with Crippen LogP contribution in [-0.4, -0.2) is 11.5 Å². The van der Waals surface area contributed by atoms with Gasteiger partial charge >= 0.3 is 0 Å². The number of pyridine rings is 1. The number of hydrogen-bond donors (Lipinski definition) is 1. The Kier molecular flexibility index (Phi) is 5.37. The van der Waals surface area contributed by atoms with Gasteiger partial charge in [0.2, 0.25) is 0 Å². The Balaban J connectivity index is 2.10. The first kappa shape index (κ1) is 14.5. The van der Waals surface area contributed by atoms with E-state index in [0.717, 1.165) is 28.0 Å². The highest BCUT2D eigenvalue weighted by atomic mass is 35.5. The summed E-state index contributed by atoms with van der Waals surface area (Å²) >= 11 is 13.9. The number of thioether (sulfide) groups is 1. The molecule has 5 heteroatoms. The number of nitrogens with one attached hydrogen (secondary N) is 1. The Hall–Kier alpha value is -0.900. The Bertz CT molecular complexity index is 561. The number of nitrogens with zero attached hydrogens (tertiary/aromatic N) is 1. The summed E-state index contributed by atoms with van der Waals surface area (Å²) < 4.78 is 0. The molecule has 2 nitrogen and oxygen atoms in total. The van der Waals surface area contributed by atoms with Crippen LogP contribution in [0, 0.1) is 0 Å². The minimum Gasteiger partial charge on any atom is -0.370 e. The second-order valence-electron chi connectivity index (χ2n) is 3.87. The smallest absolute Gasteiger partial charge is 0.126 e. The molecule has 2 aromatic rings. The van der Waals surface area contributed by atoms with Crippen LogP contribution in [0.15, 0.2) is 41.3 Å². The molecule has 0 radical (unpaired) electrons. The number of anilines is 1. The zero-order valence-corrected chi connectivity index (χ0v) is 12.8. The van der Waals surface area contributed by atoms with Crippen LogP contribution in [0.25, 0.3) is 0 Å². The van der Waals surface area contributed by atoms with Crippen LogP contribution in [0.5, 0.6) is 0 Å². The van der Waals surface area contributed by atoms with Crippen molar-refractivity contribution >= 4 is 40.8 Å². The SMILES string of the molecule is CCNc1ccc(Cl)c(CSc2ccccc2Cl)n1. The van der Waals surface area contributed by atoms with E-state index in [-0.39, 0.29) is 0 Å². The van der Waals surface area contributed by atoms with E-state index < -0.39 is 0 Å². The molecule has 1 heterocycles. The van der Waals surface area contributed by atoms with Gasteiger partial charge in [-0.25, -0.2) is 4.98 Å². The third kappa shape index (κ3) is 4.03. The lowest BCUT2D eigenvalue weighted by molar-refractivity contribution is 1.11. The van der Waals surface area contributed by atoms with Gasteiger partial charge in [-0.2, -0.15) is 0 Å². The molecule has 1 aromatic carbocycles. The van der Waals surface area contributed by atoms with Crippen molar-refractivity contribution in [2.45, 2.75) is 17.6 Å². The summed E-state index contributed by atoms with van der Waals surface area (Å²) in [5.41, 5.74) is 0.866. The summed E-state index contributed by atoms with van der Waals surface area (Å²) in [7, 11) is 0. The first-order chi connectivity index (χ1) is 9.20. The van der Waals surface area contributed by atoms with Crippen LogP contribution in [0.2, 0.25) is 10.0 Å². The van der Waals surface area contributed by atoms with Crippen molar-refractivity contribution in [1.82, 2.24) is 4.98 Å². The topological polar surface area (TPSA) is 24.9 Å². The monoisotopic (exact) mass is 312 g/mol. The number of rotatable bonds is 5. The lowest BCUT2D eigenvalue weighted by Crippen LogP contribution is -2.01. The molecular weight excluding hydrogens is 299 g/mol. The molecule has 0 aliphatic rings. The highest BCUT2D eigenvalue weighted by molar-refractivity contribution is 7.98. The molecule has 0 saturated carbocycles. The molecule has 0 spiro atoms. The van der Waals surface area contributed by atoms with Gasteiger partial charge < -0.3 is 5.32 Å². The van der Waals surface area contributed by atoms with E-state index in [2.05, 4.69) is 10.3 Å². The van der Waals surface area contributed by atoms with Crippen LogP contribution in [0.3, 0.4) is 0 Å². The van der Waals surface area contributed by atoms with Crippen LogP contribution < -0.4 is 5.32 Å². The van der Waals surface area contributed by atoms with Crippen molar-refractivity contribution in [3.63, 3.8) is 0 Å². The molecule has 2 rings (SSSR count). The highest BCUT2D eigenvalue weighted by Gasteiger charge is 2.06. The van der Waals surface area contributed by atoms with Gasteiger partial charge in [0.05, 0.1) is 15.7 Å². The van der Waals surface area contributed by atoms with Gasteiger partial charge in [-0.15, -0.1) is 11.8 Å². The molecule has 0 amide bonds. The zero-order valence-electron chi connectivity index (χ0n) is 10.5. The number of halogens is 2. The lowest BCUT2D eigenvalue weighted by Gasteiger charge is -2.08. The summed E-state index contributed by atoms with van der Waals surface area (Å²) in [5, 5.41) is 4.62. The Labute approximate surface area is 127 Å². The summed E-state index contributed by atoms with van der Waals surface area (Å²) in [6, 6.07) is 11.5. The lowest BCUT2D eigenvalue weighted by atomic mass is 10.3. The fraction of sp³-hybridized carbons (Fsp3) is 0.214. The molecule has 0 saturated heterocycles. The molecule has 0 aliphatic carbocycles. The average molecular weight is 313 g/mol. The molecule has 0 aliphatic heterocycles. The summed E-state index contributed by atoms with van der Waals surface area (Å²) in [6.07, 6.45) is 0. The fourth-order valence-electron chi connectivity index (χ4n) is 1.57. The van der Waals surface area contributed by atoms with E-state index in [1.807, 2.05) is 43.3 Å². The standard InChI is InChI=1S/C14H14Cl2N2S/c1-2-17-14-8-7-10(15)12(18-14)9-19-13-6-4-3-5-11(13)16/h3-8H,2,9H2,1H3,(H,17,18). The van der Waals surface area contributed by atoms with Crippen molar-refractivity contribution in [3.8, 4) is 0 Å². The van der Waals surface area contributed by atoms with Gasteiger partial charge in [-0.3, -0.25) is 0 Å². The first-order valence-electron chi connectivity index (χ1n) is 5.97. The van der Waals surface area contributed by atoms with E-state index in [1.54, 1.807) is 11.8 Å². The molecular formula is C14H14Cl2N2S. The van der Waals surface area contributed by atoms with Crippen LogP contribution in [0.4, 0.5) is 5.82 Å². The van der Waals surface area contributed by atoms with E-state index in [0.29, 0.717) is 10.8 Å². The van der Waals surface area contributed by atoms with Gasteiger partial charge in [0, 0.05) is 17.2 Å². The van der Waals surface area contributed by atoms with Gasteiger partial charge in [0.1, 0.15) is 5.82 Å². The summed E-state index contributed by atoms with van der Waals surface area (Å²) in [4.78, 5) is 5.54. The average Bonchev–Trinajstić information content (AvgIpc) is 2.41. The van der Waals surface area contributed by atoms with Crippen molar-refractivity contribution in [1.29, 1.82) is 0 Å². The maximum atomic E-state index is 6.17. The quantitative estimate of drug-likeness (QED) is 0.776. The minimum atomic E-state index is 0.682. The fourth-order valence-corrected chi connectivity index (χ4v) is 3.02. The van der Waals surface area contributed by atoms with Crippen molar-refractivity contribution in [2.24, 2.45) is 0 Å². The first-order valence-corrected chi connectivity index (χ1v) is 7.71. The van der Waals surface area contributed by atoms with Gasteiger partial charge in [-0.1, -0.05) is 35.3 Å². The minimum absolute atomic E-state index is 0.682. The second kappa shape index (κ2) is 7.04. The molecule has 1 N–H and O–H groups in total. The largest absolute Gasteiger partial charge is 0.370 e. The third-order valence-electron chi connectivity index (χ3n) is 2.48.